The monoisotopic (exact) mass is 368 g/mol. The van der Waals surface area contributed by atoms with Crippen LogP contribution in [0.25, 0.3) is 0 Å². The Hall–Kier alpha value is -0.710. The van der Waals surface area contributed by atoms with Crippen LogP contribution < -0.4 is 11.2 Å². The third-order valence-corrected chi connectivity index (χ3v) is 3.89. The highest BCUT2D eigenvalue weighted by molar-refractivity contribution is 14.1. The van der Waals surface area contributed by atoms with Crippen LogP contribution in [0.4, 0.5) is 0 Å². The smallest absolute Gasteiger partial charge is 0.328 e. The van der Waals surface area contributed by atoms with Crippen molar-refractivity contribution in [3.63, 3.8) is 0 Å². The maximum absolute atomic E-state index is 11.7. The van der Waals surface area contributed by atoms with Gasteiger partial charge in [0.2, 0.25) is 0 Å². The molecule has 3 N–H and O–H groups in total. The number of nitrogens with zero attached hydrogens (tertiary/aromatic N) is 1. The SMILES string of the molecule is O=c1[nH]c(=O)n([C@@H]2CO[C@H](CO)[C@H]2CO)cc1I. The lowest BCUT2D eigenvalue weighted by molar-refractivity contribution is 0.0268. The Kier molecular flexibility index (Phi) is 4.20. The van der Waals surface area contributed by atoms with Crippen LogP contribution in [0.5, 0.6) is 0 Å². The quantitative estimate of drug-likeness (QED) is 0.575. The van der Waals surface area contributed by atoms with Gasteiger partial charge in [0.1, 0.15) is 0 Å². The number of aliphatic hydroxyl groups is 2. The summed E-state index contributed by atoms with van der Waals surface area (Å²) in [7, 11) is 0. The summed E-state index contributed by atoms with van der Waals surface area (Å²) in [4.78, 5) is 25.2. The molecule has 0 aromatic carbocycles. The summed E-state index contributed by atoms with van der Waals surface area (Å²) >= 11 is 1.83. The molecule has 1 aromatic rings. The van der Waals surface area contributed by atoms with Crippen molar-refractivity contribution in [2.45, 2.75) is 12.1 Å². The van der Waals surface area contributed by atoms with Gasteiger partial charge in [0.05, 0.1) is 35.5 Å². The molecule has 1 aromatic heterocycles. The van der Waals surface area contributed by atoms with Crippen LogP contribution in [0.1, 0.15) is 6.04 Å². The Morgan fingerprint density at radius 1 is 1.44 bits per heavy atom. The number of H-pyrrole nitrogens is 1. The maximum atomic E-state index is 11.7. The van der Waals surface area contributed by atoms with E-state index in [9.17, 15) is 14.7 Å². The normalized spacial score (nSPS) is 27.6. The molecule has 8 heteroatoms. The second-order valence-electron chi connectivity index (χ2n) is 4.11. The number of ether oxygens (including phenoxy) is 1. The molecule has 18 heavy (non-hydrogen) atoms. The van der Waals surface area contributed by atoms with E-state index in [1.54, 1.807) is 0 Å². The average Bonchev–Trinajstić information content (AvgIpc) is 2.76. The molecule has 100 valence electrons. The molecule has 1 saturated heterocycles. The lowest BCUT2D eigenvalue weighted by Gasteiger charge is -2.20. The second-order valence-corrected chi connectivity index (χ2v) is 5.27. The summed E-state index contributed by atoms with van der Waals surface area (Å²) in [6, 6.07) is -0.384. The molecule has 2 heterocycles. The maximum Gasteiger partial charge on any atom is 0.328 e. The summed E-state index contributed by atoms with van der Waals surface area (Å²) < 4.78 is 7.07. The molecule has 0 radical (unpaired) electrons. The number of hydrogen-bond acceptors (Lipinski definition) is 5. The van der Waals surface area contributed by atoms with Gasteiger partial charge in [-0.3, -0.25) is 14.3 Å². The Morgan fingerprint density at radius 3 is 2.78 bits per heavy atom. The fourth-order valence-corrected chi connectivity index (χ4v) is 2.57. The van der Waals surface area contributed by atoms with E-state index in [1.165, 1.54) is 10.8 Å². The molecule has 0 saturated carbocycles. The van der Waals surface area contributed by atoms with Crippen LogP contribution in [-0.4, -0.2) is 45.7 Å². The van der Waals surface area contributed by atoms with E-state index < -0.39 is 17.4 Å². The summed E-state index contributed by atoms with van der Waals surface area (Å²) in [6.07, 6.45) is 0.953. The van der Waals surface area contributed by atoms with E-state index >= 15 is 0 Å². The Bertz CT molecular complexity index is 540. The standard InChI is InChI=1S/C10H13IN2O5/c11-6-1-13(10(17)12-9(6)16)7-4-18-8(3-15)5(7)2-14/h1,5,7-8,14-15H,2-4H2,(H,12,16,17)/t5-,7+,8+/m0/s1. The molecule has 0 amide bonds. The fourth-order valence-electron chi connectivity index (χ4n) is 2.14. The van der Waals surface area contributed by atoms with Gasteiger partial charge in [-0.2, -0.15) is 0 Å². The minimum atomic E-state index is -0.536. The number of rotatable bonds is 3. The van der Waals surface area contributed by atoms with E-state index in [-0.39, 0.29) is 31.8 Å². The van der Waals surface area contributed by atoms with E-state index in [0.717, 1.165) is 0 Å². The fraction of sp³-hybridized carbons (Fsp3) is 0.600. The van der Waals surface area contributed by atoms with Crippen molar-refractivity contribution >= 4 is 22.6 Å². The first-order chi connectivity index (χ1) is 8.58. The third kappa shape index (κ3) is 2.37. The minimum Gasteiger partial charge on any atom is -0.396 e. The molecular formula is C10H13IN2O5. The Balaban J connectivity index is 2.40. The van der Waals surface area contributed by atoms with Crippen LogP contribution >= 0.6 is 22.6 Å². The third-order valence-electron chi connectivity index (χ3n) is 3.13. The molecule has 0 spiro atoms. The summed E-state index contributed by atoms with van der Waals surface area (Å²) in [5.74, 6) is -0.366. The topological polar surface area (TPSA) is 105 Å². The highest BCUT2D eigenvalue weighted by Crippen LogP contribution is 2.29. The van der Waals surface area contributed by atoms with Crippen molar-refractivity contribution in [3.05, 3.63) is 30.6 Å². The predicted molar refractivity (Wildman–Crippen MR) is 70.5 cm³/mol. The highest BCUT2D eigenvalue weighted by Gasteiger charge is 2.38. The molecule has 0 aliphatic carbocycles. The van der Waals surface area contributed by atoms with Gasteiger partial charge in [-0.25, -0.2) is 4.79 Å². The summed E-state index contributed by atoms with van der Waals surface area (Å²) in [5.41, 5.74) is -0.971. The second kappa shape index (κ2) is 5.51. The molecule has 1 aliphatic rings. The molecule has 0 bridgehead atoms. The van der Waals surface area contributed by atoms with Gasteiger partial charge in [-0.1, -0.05) is 0 Å². The number of halogens is 1. The first-order valence-corrected chi connectivity index (χ1v) is 6.50. The van der Waals surface area contributed by atoms with E-state index in [2.05, 4.69) is 4.98 Å². The van der Waals surface area contributed by atoms with Crippen molar-refractivity contribution < 1.29 is 14.9 Å². The van der Waals surface area contributed by atoms with Gasteiger partial charge in [-0.15, -0.1) is 0 Å². The van der Waals surface area contributed by atoms with Crippen LogP contribution in [-0.2, 0) is 4.74 Å². The lowest BCUT2D eigenvalue weighted by atomic mass is 9.98. The number of nitrogens with one attached hydrogen (secondary N) is 1. The molecule has 0 unspecified atom stereocenters. The van der Waals surface area contributed by atoms with Gasteiger partial charge >= 0.3 is 5.69 Å². The van der Waals surface area contributed by atoms with Crippen molar-refractivity contribution in [2.24, 2.45) is 5.92 Å². The first-order valence-electron chi connectivity index (χ1n) is 5.42. The molecule has 1 aliphatic heterocycles. The van der Waals surface area contributed by atoms with Gasteiger partial charge in [0.25, 0.3) is 5.56 Å². The predicted octanol–water partition coefficient (Wildman–Crippen LogP) is -1.32. The van der Waals surface area contributed by atoms with Crippen molar-refractivity contribution in [1.29, 1.82) is 0 Å². The van der Waals surface area contributed by atoms with E-state index in [1.807, 2.05) is 22.6 Å². The van der Waals surface area contributed by atoms with Crippen LogP contribution in [0.3, 0.4) is 0 Å². The van der Waals surface area contributed by atoms with Crippen molar-refractivity contribution in [2.75, 3.05) is 19.8 Å². The molecular weight excluding hydrogens is 355 g/mol. The lowest BCUT2D eigenvalue weighted by Crippen LogP contribution is -2.38. The minimum absolute atomic E-state index is 0.196. The van der Waals surface area contributed by atoms with Crippen LogP contribution in [0.15, 0.2) is 15.8 Å². The van der Waals surface area contributed by atoms with Gasteiger partial charge < -0.3 is 14.9 Å². The Morgan fingerprint density at radius 2 is 2.17 bits per heavy atom. The van der Waals surface area contributed by atoms with E-state index in [4.69, 9.17) is 9.84 Å². The summed E-state index contributed by atoms with van der Waals surface area (Å²) in [6.45, 7) is -0.187. The number of hydrogen-bond donors (Lipinski definition) is 3. The van der Waals surface area contributed by atoms with Gasteiger partial charge in [-0.05, 0) is 22.6 Å². The zero-order chi connectivity index (χ0) is 13.3. The summed E-state index contributed by atoms with van der Waals surface area (Å²) in [5, 5.41) is 18.5. The zero-order valence-corrected chi connectivity index (χ0v) is 11.5. The van der Waals surface area contributed by atoms with Crippen LogP contribution in [0.2, 0.25) is 0 Å². The zero-order valence-electron chi connectivity index (χ0n) is 9.38. The molecule has 3 atom stereocenters. The average molecular weight is 368 g/mol. The molecule has 1 fully saturated rings. The van der Waals surface area contributed by atoms with Gasteiger partial charge in [0.15, 0.2) is 0 Å². The first kappa shape index (κ1) is 13.7. The Labute approximate surface area is 116 Å². The molecule has 2 rings (SSSR count). The van der Waals surface area contributed by atoms with Gasteiger partial charge in [0, 0.05) is 12.1 Å². The van der Waals surface area contributed by atoms with Crippen molar-refractivity contribution in [3.8, 4) is 0 Å². The number of aromatic amines is 1. The van der Waals surface area contributed by atoms with E-state index in [0.29, 0.717) is 3.57 Å². The number of aliphatic hydroxyl groups excluding tert-OH is 2. The largest absolute Gasteiger partial charge is 0.396 e. The highest BCUT2D eigenvalue weighted by atomic mass is 127. The number of aromatic nitrogens is 2. The van der Waals surface area contributed by atoms with Crippen molar-refractivity contribution in [1.82, 2.24) is 9.55 Å². The molecule has 7 nitrogen and oxygen atoms in total. The van der Waals surface area contributed by atoms with Crippen LogP contribution in [0, 0.1) is 9.49 Å².